The normalized spacial score (nSPS) is 25.6. The second kappa shape index (κ2) is 4.42. The van der Waals surface area contributed by atoms with Gasteiger partial charge in [0.2, 0.25) is 0 Å². The molecule has 1 heterocycles. The van der Waals surface area contributed by atoms with E-state index in [1.54, 1.807) is 0 Å². The summed E-state index contributed by atoms with van der Waals surface area (Å²) in [7, 11) is 0. The maximum absolute atomic E-state index is 10.8. The van der Waals surface area contributed by atoms with E-state index in [0.717, 1.165) is 26.1 Å². The highest BCUT2D eigenvalue weighted by Gasteiger charge is 2.26. The summed E-state index contributed by atoms with van der Waals surface area (Å²) < 4.78 is 0. The zero-order valence-corrected chi connectivity index (χ0v) is 7.42. The van der Waals surface area contributed by atoms with Gasteiger partial charge in [-0.3, -0.25) is 9.69 Å². The van der Waals surface area contributed by atoms with Crippen LogP contribution in [-0.4, -0.2) is 48.2 Å². The molecule has 0 saturated carbocycles. The smallest absolute Gasteiger partial charge is 0.322 e. The lowest BCUT2D eigenvalue weighted by Crippen LogP contribution is -2.54. The van der Waals surface area contributed by atoms with Crippen LogP contribution in [0, 0.1) is 0 Å². The molecule has 0 aliphatic carbocycles. The lowest BCUT2D eigenvalue weighted by molar-refractivity contribution is -0.143. The van der Waals surface area contributed by atoms with E-state index in [-0.39, 0.29) is 6.04 Å². The van der Waals surface area contributed by atoms with E-state index in [1.807, 2.05) is 4.90 Å². The third-order valence-electron chi connectivity index (χ3n) is 2.15. The Kier molecular flexibility index (Phi) is 3.49. The van der Waals surface area contributed by atoms with E-state index in [0.29, 0.717) is 6.54 Å². The Labute approximate surface area is 72.6 Å². The molecule has 0 spiro atoms. The van der Waals surface area contributed by atoms with Gasteiger partial charge < -0.3 is 10.4 Å². The first-order valence-corrected chi connectivity index (χ1v) is 4.43. The van der Waals surface area contributed by atoms with Crippen LogP contribution in [0.3, 0.4) is 0 Å². The highest BCUT2D eigenvalue weighted by molar-refractivity contribution is 5.73. The Morgan fingerprint density at radius 3 is 3.08 bits per heavy atom. The molecule has 0 bridgehead atoms. The second-order valence-electron chi connectivity index (χ2n) is 3.09. The number of carboxylic acid groups (broad SMARTS) is 1. The van der Waals surface area contributed by atoms with Gasteiger partial charge in [-0.2, -0.15) is 0 Å². The molecule has 1 saturated heterocycles. The molecule has 1 rings (SSSR count). The SMILES string of the molecule is CCCN1CCNC[C@H]1C(=O)O. The highest BCUT2D eigenvalue weighted by Crippen LogP contribution is 2.03. The average molecular weight is 172 g/mol. The molecule has 1 aliphatic rings. The summed E-state index contributed by atoms with van der Waals surface area (Å²) in [6.45, 7) is 5.30. The Hall–Kier alpha value is -0.610. The van der Waals surface area contributed by atoms with Gasteiger partial charge in [0.1, 0.15) is 6.04 Å². The lowest BCUT2D eigenvalue weighted by atomic mass is 10.2. The van der Waals surface area contributed by atoms with Crippen molar-refractivity contribution in [2.24, 2.45) is 0 Å². The van der Waals surface area contributed by atoms with Crippen molar-refractivity contribution in [3.8, 4) is 0 Å². The van der Waals surface area contributed by atoms with Crippen LogP contribution >= 0.6 is 0 Å². The Morgan fingerprint density at radius 1 is 1.75 bits per heavy atom. The van der Waals surface area contributed by atoms with Crippen LogP contribution in [0.15, 0.2) is 0 Å². The van der Waals surface area contributed by atoms with E-state index in [1.165, 1.54) is 0 Å². The largest absolute Gasteiger partial charge is 0.480 e. The van der Waals surface area contributed by atoms with Crippen LogP contribution in [0.5, 0.6) is 0 Å². The number of nitrogens with one attached hydrogen (secondary N) is 1. The van der Waals surface area contributed by atoms with Crippen LogP contribution < -0.4 is 5.32 Å². The highest BCUT2D eigenvalue weighted by atomic mass is 16.4. The summed E-state index contributed by atoms with van der Waals surface area (Å²) in [4.78, 5) is 12.8. The quantitative estimate of drug-likeness (QED) is 0.616. The fourth-order valence-electron chi connectivity index (χ4n) is 1.54. The third-order valence-corrected chi connectivity index (χ3v) is 2.15. The molecule has 1 fully saturated rings. The number of hydrogen-bond acceptors (Lipinski definition) is 3. The van der Waals surface area contributed by atoms with E-state index in [4.69, 9.17) is 5.11 Å². The average Bonchev–Trinajstić information content (AvgIpc) is 2.05. The third kappa shape index (κ3) is 2.19. The fourth-order valence-corrected chi connectivity index (χ4v) is 1.54. The minimum Gasteiger partial charge on any atom is -0.480 e. The van der Waals surface area contributed by atoms with Gasteiger partial charge in [0.15, 0.2) is 0 Å². The number of rotatable bonds is 3. The predicted octanol–water partition coefficient (Wildman–Crippen LogP) is -0.245. The molecule has 0 aromatic heterocycles. The maximum Gasteiger partial charge on any atom is 0.322 e. The van der Waals surface area contributed by atoms with Crippen molar-refractivity contribution in [3.63, 3.8) is 0 Å². The van der Waals surface area contributed by atoms with Crippen LogP contribution in [0.25, 0.3) is 0 Å². The maximum atomic E-state index is 10.8. The summed E-state index contributed by atoms with van der Waals surface area (Å²) >= 11 is 0. The Bertz CT molecular complexity index is 159. The first-order valence-electron chi connectivity index (χ1n) is 4.43. The van der Waals surface area contributed by atoms with Crippen molar-refractivity contribution in [1.29, 1.82) is 0 Å². The van der Waals surface area contributed by atoms with Gasteiger partial charge in [-0.05, 0) is 13.0 Å². The van der Waals surface area contributed by atoms with Crippen LogP contribution in [-0.2, 0) is 4.79 Å². The molecule has 0 radical (unpaired) electrons. The van der Waals surface area contributed by atoms with E-state index >= 15 is 0 Å². The van der Waals surface area contributed by atoms with Gasteiger partial charge in [-0.25, -0.2) is 0 Å². The molecule has 1 atom stereocenters. The van der Waals surface area contributed by atoms with Crippen molar-refractivity contribution < 1.29 is 9.90 Å². The van der Waals surface area contributed by atoms with Gasteiger partial charge in [0.25, 0.3) is 0 Å². The standard InChI is InChI=1S/C8H16N2O2/c1-2-4-10-5-3-9-6-7(10)8(11)12/h7,9H,2-6H2,1H3,(H,11,12)/t7-/m0/s1. The van der Waals surface area contributed by atoms with Crippen molar-refractivity contribution in [2.75, 3.05) is 26.2 Å². The van der Waals surface area contributed by atoms with Gasteiger partial charge >= 0.3 is 5.97 Å². The van der Waals surface area contributed by atoms with Gasteiger partial charge in [-0.15, -0.1) is 0 Å². The molecule has 4 heteroatoms. The lowest BCUT2D eigenvalue weighted by Gasteiger charge is -2.32. The van der Waals surface area contributed by atoms with Crippen molar-refractivity contribution in [1.82, 2.24) is 10.2 Å². The molecule has 0 unspecified atom stereocenters. The summed E-state index contributed by atoms with van der Waals surface area (Å²) in [6.07, 6.45) is 1.02. The molecule has 70 valence electrons. The molecule has 4 nitrogen and oxygen atoms in total. The molecule has 1 aliphatic heterocycles. The summed E-state index contributed by atoms with van der Waals surface area (Å²) in [5, 5.41) is 11.9. The van der Waals surface area contributed by atoms with Crippen molar-refractivity contribution in [2.45, 2.75) is 19.4 Å². The molecular weight excluding hydrogens is 156 g/mol. The molecule has 2 N–H and O–H groups in total. The number of hydrogen-bond donors (Lipinski definition) is 2. The molecule has 0 aromatic rings. The minimum atomic E-state index is -0.712. The van der Waals surface area contributed by atoms with E-state index in [9.17, 15) is 4.79 Å². The van der Waals surface area contributed by atoms with Crippen LogP contribution in [0.2, 0.25) is 0 Å². The number of piperazine rings is 1. The zero-order chi connectivity index (χ0) is 8.97. The Balaban J connectivity index is 2.48. The summed E-state index contributed by atoms with van der Waals surface area (Å²) in [5.74, 6) is -0.712. The van der Waals surface area contributed by atoms with Crippen molar-refractivity contribution in [3.05, 3.63) is 0 Å². The first-order chi connectivity index (χ1) is 5.75. The van der Waals surface area contributed by atoms with Gasteiger partial charge in [-0.1, -0.05) is 6.92 Å². The number of carbonyl (C=O) groups is 1. The zero-order valence-electron chi connectivity index (χ0n) is 7.42. The van der Waals surface area contributed by atoms with E-state index in [2.05, 4.69) is 12.2 Å². The predicted molar refractivity (Wildman–Crippen MR) is 46.2 cm³/mol. The first kappa shape index (κ1) is 9.48. The van der Waals surface area contributed by atoms with E-state index < -0.39 is 5.97 Å². The summed E-state index contributed by atoms with van der Waals surface area (Å²) in [6, 6.07) is -0.321. The molecule has 0 amide bonds. The molecule has 12 heavy (non-hydrogen) atoms. The summed E-state index contributed by atoms with van der Waals surface area (Å²) in [5.41, 5.74) is 0. The van der Waals surface area contributed by atoms with Gasteiger partial charge in [0, 0.05) is 19.6 Å². The minimum absolute atomic E-state index is 0.321. The molecular formula is C8H16N2O2. The van der Waals surface area contributed by atoms with Crippen molar-refractivity contribution >= 4 is 5.97 Å². The second-order valence-corrected chi connectivity index (χ2v) is 3.09. The number of carboxylic acids is 1. The van der Waals surface area contributed by atoms with Crippen LogP contribution in [0.4, 0.5) is 0 Å². The van der Waals surface area contributed by atoms with Gasteiger partial charge in [0.05, 0.1) is 0 Å². The van der Waals surface area contributed by atoms with Crippen LogP contribution in [0.1, 0.15) is 13.3 Å². The monoisotopic (exact) mass is 172 g/mol. The molecule has 0 aromatic carbocycles. The fraction of sp³-hybridized carbons (Fsp3) is 0.875. The topological polar surface area (TPSA) is 52.6 Å². The number of aliphatic carboxylic acids is 1. The number of nitrogens with zero attached hydrogens (tertiary/aromatic N) is 1. The Morgan fingerprint density at radius 2 is 2.50 bits per heavy atom.